The summed E-state index contributed by atoms with van der Waals surface area (Å²) in [7, 11) is 3.96. The lowest BCUT2D eigenvalue weighted by Crippen LogP contribution is -2.58. The monoisotopic (exact) mass is 362 g/mol. The third-order valence-corrected chi connectivity index (χ3v) is 5.36. The molecule has 1 aromatic carbocycles. The van der Waals surface area contributed by atoms with Gasteiger partial charge in [0.1, 0.15) is 19.3 Å². The number of aliphatic hydroxyl groups excluding tert-OH is 1. The zero-order chi connectivity index (χ0) is 18.7. The van der Waals surface area contributed by atoms with Crippen LogP contribution in [0.25, 0.3) is 0 Å². The van der Waals surface area contributed by atoms with Crippen LogP contribution >= 0.6 is 0 Å². The first-order valence-corrected chi connectivity index (χ1v) is 9.12. The Kier molecular flexibility index (Phi) is 5.48. The second kappa shape index (κ2) is 7.63. The van der Waals surface area contributed by atoms with Crippen LogP contribution in [0.4, 0.5) is 4.79 Å². The van der Waals surface area contributed by atoms with Crippen LogP contribution in [-0.2, 0) is 16.1 Å². The molecule has 0 aliphatic carbocycles. The lowest BCUT2D eigenvalue weighted by Gasteiger charge is -2.38. The van der Waals surface area contributed by atoms with Crippen LogP contribution in [0.15, 0.2) is 30.3 Å². The number of likely N-dealkylation sites (N-methyl/N-ethyl adjacent to an activating group) is 1. The van der Waals surface area contributed by atoms with Gasteiger partial charge in [-0.15, -0.1) is 0 Å². The van der Waals surface area contributed by atoms with E-state index in [0.717, 1.165) is 5.56 Å². The van der Waals surface area contributed by atoms with E-state index < -0.39 is 6.10 Å². The van der Waals surface area contributed by atoms with Gasteiger partial charge < -0.3 is 24.1 Å². The first-order valence-electron chi connectivity index (χ1n) is 9.12. The fourth-order valence-electron chi connectivity index (χ4n) is 3.82. The quantitative estimate of drug-likeness (QED) is 0.803. The number of aliphatic hydroxyl groups is 1. The van der Waals surface area contributed by atoms with Crippen molar-refractivity contribution in [2.45, 2.75) is 25.2 Å². The van der Waals surface area contributed by atoms with Gasteiger partial charge in [0.05, 0.1) is 14.1 Å². The van der Waals surface area contributed by atoms with Gasteiger partial charge in [-0.3, -0.25) is 4.79 Å². The highest BCUT2D eigenvalue weighted by molar-refractivity contribution is 5.81. The van der Waals surface area contributed by atoms with E-state index in [1.54, 1.807) is 4.90 Å². The van der Waals surface area contributed by atoms with Gasteiger partial charge in [-0.25, -0.2) is 4.79 Å². The van der Waals surface area contributed by atoms with E-state index >= 15 is 0 Å². The number of carbonyl (C=O) groups excluding carboxylic acids is 2. The summed E-state index contributed by atoms with van der Waals surface area (Å²) in [6, 6.07) is 9.37. The Hall–Kier alpha value is -2.12. The molecule has 2 atom stereocenters. The molecule has 2 aliphatic heterocycles. The lowest BCUT2D eigenvalue weighted by molar-refractivity contribution is -0.894. The molecule has 0 aromatic heterocycles. The number of carbonyl (C=O) groups is 2. The molecular weight excluding hydrogens is 334 g/mol. The first kappa shape index (κ1) is 18.7. The van der Waals surface area contributed by atoms with Crippen molar-refractivity contribution < 1.29 is 23.9 Å². The summed E-state index contributed by atoms with van der Waals surface area (Å²) in [5.41, 5.74) is 0.953. The van der Waals surface area contributed by atoms with Crippen LogP contribution in [0.2, 0.25) is 0 Å². The number of benzene rings is 1. The van der Waals surface area contributed by atoms with Gasteiger partial charge in [-0.2, -0.15) is 0 Å². The third kappa shape index (κ3) is 4.16. The average molecular weight is 362 g/mol. The summed E-state index contributed by atoms with van der Waals surface area (Å²) in [6.07, 6.45) is -0.257. The molecule has 0 saturated carbocycles. The van der Waals surface area contributed by atoms with Gasteiger partial charge in [0, 0.05) is 32.6 Å². The highest BCUT2D eigenvalue weighted by Crippen LogP contribution is 2.25. The Morgan fingerprint density at radius 1 is 1.12 bits per heavy atom. The Balaban J connectivity index is 1.48. The number of piperazine rings is 1. The van der Waals surface area contributed by atoms with Crippen LogP contribution in [-0.4, -0.2) is 90.4 Å². The molecule has 0 bridgehead atoms. The molecule has 2 aliphatic rings. The molecular formula is C19H28N3O4+. The molecule has 142 valence electrons. The number of nitrogens with zero attached hydrogens (tertiary/aromatic N) is 3. The number of rotatable bonds is 3. The maximum absolute atomic E-state index is 12.8. The molecule has 0 spiro atoms. The van der Waals surface area contributed by atoms with Gasteiger partial charge in [0.25, 0.3) is 5.91 Å². The number of hydrogen-bond donors (Lipinski definition) is 1. The number of likely N-dealkylation sites (tertiary alicyclic amines) is 1. The van der Waals surface area contributed by atoms with Crippen LogP contribution < -0.4 is 0 Å². The predicted octanol–water partition coefficient (Wildman–Crippen LogP) is 0.677. The highest BCUT2D eigenvalue weighted by Gasteiger charge is 2.46. The molecule has 7 heteroatoms. The summed E-state index contributed by atoms with van der Waals surface area (Å²) < 4.78 is 5.87. The number of amides is 2. The molecule has 1 aromatic rings. The van der Waals surface area contributed by atoms with E-state index in [2.05, 4.69) is 0 Å². The minimum atomic E-state index is -0.423. The lowest BCUT2D eigenvalue weighted by atomic mass is 10.1. The topological polar surface area (TPSA) is 70.1 Å². The van der Waals surface area contributed by atoms with E-state index in [-0.39, 0.29) is 24.6 Å². The van der Waals surface area contributed by atoms with Gasteiger partial charge in [0.15, 0.2) is 6.04 Å². The Morgan fingerprint density at radius 2 is 1.73 bits per heavy atom. The van der Waals surface area contributed by atoms with E-state index in [0.29, 0.717) is 43.6 Å². The molecule has 1 N–H and O–H groups in total. The minimum absolute atomic E-state index is 0.0730. The van der Waals surface area contributed by atoms with Crippen molar-refractivity contribution in [3.63, 3.8) is 0 Å². The molecule has 3 rings (SSSR count). The first-order chi connectivity index (χ1) is 12.4. The van der Waals surface area contributed by atoms with Crippen molar-refractivity contribution in [2.75, 3.05) is 46.8 Å². The Labute approximate surface area is 154 Å². The number of hydrogen-bond acceptors (Lipinski definition) is 4. The van der Waals surface area contributed by atoms with Gasteiger partial charge in [-0.1, -0.05) is 30.3 Å². The van der Waals surface area contributed by atoms with Gasteiger partial charge in [-0.05, 0) is 5.56 Å². The smallest absolute Gasteiger partial charge is 0.410 e. The van der Waals surface area contributed by atoms with Crippen molar-refractivity contribution in [1.29, 1.82) is 0 Å². The maximum atomic E-state index is 12.8. The standard InChI is InChI=1S/C19H28N3O4/c1-22(2)13-16(23)12-17(22)18(24)20-8-10-21(11-9-20)19(25)26-14-15-6-4-3-5-7-15/h3-7,16-17,23H,8-14H2,1-2H3/q+1/t16-,17+/m1/s1. The molecule has 2 amide bonds. The second-order valence-electron chi connectivity index (χ2n) is 7.72. The highest BCUT2D eigenvalue weighted by atomic mass is 16.6. The number of ether oxygens (including phenoxy) is 1. The van der Waals surface area contributed by atoms with E-state index in [1.807, 2.05) is 49.3 Å². The average Bonchev–Trinajstić information content (AvgIpc) is 2.92. The summed E-state index contributed by atoms with van der Waals surface area (Å²) in [4.78, 5) is 28.5. The van der Waals surface area contributed by atoms with Crippen LogP contribution in [0, 0.1) is 0 Å². The van der Waals surface area contributed by atoms with Crippen LogP contribution in [0.3, 0.4) is 0 Å². The molecule has 0 unspecified atom stereocenters. The van der Waals surface area contributed by atoms with Gasteiger partial charge >= 0.3 is 6.09 Å². The predicted molar refractivity (Wildman–Crippen MR) is 96.2 cm³/mol. The molecule has 0 radical (unpaired) electrons. The Morgan fingerprint density at radius 3 is 2.31 bits per heavy atom. The van der Waals surface area contributed by atoms with Crippen molar-refractivity contribution in [3.05, 3.63) is 35.9 Å². The fourth-order valence-corrected chi connectivity index (χ4v) is 3.82. The van der Waals surface area contributed by atoms with E-state index in [4.69, 9.17) is 4.74 Å². The zero-order valence-electron chi connectivity index (χ0n) is 15.5. The van der Waals surface area contributed by atoms with Crippen molar-refractivity contribution in [2.24, 2.45) is 0 Å². The van der Waals surface area contributed by atoms with Crippen LogP contribution in [0.5, 0.6) is 0 Å². The number of quaternary nitrogens is 1. The molecule has 2 heterocycles. The van der Waals surface area contributed by atoms with Gasteiger partial charge in [0.2, 0.25) is 0 Å². The van der Waals surface area contributed by atoms with Crippen molar-refractivity contribution in [1.82, 2.24) is 9.80 Å². The largest absolute Gasteiger partial charge is 0.445 e. The van der Waals surface area contributed by atoms with Crippen LogP contribution in [0.1, 0.15) is 12.0 Å². The Bertz CT molecular complexity index is 641. The summed E-state index contributed by atoms with van der Waals surface area (Å²) in [5.74, 6) is 0.0730. The third-order valence-electron chi connectivity index (χ3n) is 5.36. The van der Waals surface area contributed by atoms with E-state index in [1.165, 1.54) is 0 Å². The summed E-state index contributed by atoms with van der Waals surface area (Å²) in [6.45, 7) is 2.81. The molecule has 26 heavy (non-hydrogen) atoms. The van der Waals surface area contributed by atoms with Crippen molar-refractivity contribution >= 4 is 12.0 Å². The fraction of sp³-hybridized carbons (Fsp3) is 0.579. The zero-order valence-corrected chi connectivity index (χ0v) is 15.5. The maximum Gasteiger partial charge on any atom is 0.410 e. The normalized spacial score (nSPS) is 25.2. The summed E-state index contributed by atoms with van der Waals surface area (Å²) >= 11 is 0. The van der Waals surface area contributed by atoms with E-state index in [9.17, 15) is 14.7 Å². The summed E-state index contributed by atoms with van der Waals surface area (Å²) in [5, 5.41) is 9.89. The van der Waals surface area contributed by atoms with Crippen molar-refractivity contribution in [3.8, 4) is 0 Å². The molecule has 7 nitrogen and oxygen atoms in total. The minimum Gasteiger partial charge on any atom is -0.445 e. The SMILES string of the molecule is C[N+]1(C)C[C@H](O)C[C@H]1C(=O)N1CCN(C(=O)OCc2ccccc2)CC1. The molecule has 2 fully saturated rings. The molecule has 2 saturated heterocycles. The second-order valence-corrected chi connectivity index (χ2v) is 7.72.